The van der Waals surface area contributed by atoms with E-state index < -0.39 is 14.9 Å². The number of phenolic OH excluding ortho intramolecular Hbond substituents is 1. The van der Waals surface area contributed by atoms with Crippen LogP contribution in [0.4, 0.5) is 17.1 Å². The number of nitrogens with zero attached hydrogens (tertiary/aromatic N) is 2. The molecule has 3 rings (SSSR count). The second-order valence-electron chi connectivity index (χ2n) is 11.7. The molecule has 10 nitrogen and oxygen atoms in total. The van der Waals surface area contributed by atoms with E-state index in [9.17, 15) is 23.6 Å². The van der Waals surface area contributed by atoms with Crippen LogP contribution in [0.15, 0.2) is 35.2 Å². The van der Waals surface area contributed by atoms with Crippen LogP contribution in [-0.2, 0) is 14.8 Å². The van der Waals surface area contributed by atoms with Gasteiger partial charge in [-0.25, -0.2) is 8.42 Å². The summed E-state index contributed by atoms with van der Waals surface area (Å²) in [5, 5.41) is 22.0. The van der Waals surface area contributed by atoms with Crippen LogP contribution in [0, 0.1) is 17.0 Å². The number of phenols is 1. The Bertz CT molecular complexity index is 1280. The third kappa shape index (κ3) is 11.5. The first-order chi connectivity index (χ1) is 21.2. The van der Waals surface area contributed by atoms with Crippen LogP contribution in [0.3, 0.4) is 0 Å². The fourth-order valence-electron chi connectivity index (χ4n) is 5.49. The number of hydrogen-bond acceptors (Lipinski definition) is 8. The minimum Gasteiger partial charge on any atom is -0.506 e. The smallest absolute Gasteiger partial charge is 0.270 e. The lowest BCUT2D eigenvalue weighted by Crippen LogP contribution is -2.37. The van der Waals surface area contributed by atoms with Crippen molar-refractivity contribution in [3.8, 4) is 11.5 Å². The van der Waals surface area contributed by atoms with E-state index in [1.807, 2.05) is 4.90 Å². The van der Waals surface area contributed by atoms with E-state index in [2.05, 4.69) is 11.6 Å². The summed E-state index contributed by atoms with van der Waals surface area (Å²) in [4.78, 5) is 12.4. The molecule has 0 unspecified atom stereocenters. The van der Waals surface area contributed by atoms with Gasteiger partial charge in [0.25, 0.3) is 15.7 Å². The average Bonchev–Trinajstić information content (AvgIpc) is 3.01. The largest absolute Gasteiger partial charge is 0.506 e. The first kappa shape index (κ1) is 35.4. The number of sulfonamides is 1. The molecule has 1 saturated heterocycles. The second kappa shape index (κ2) is 18.7. The number of morpholine rings is 1. The first-order valence-corrected chi connectivity index (χ1v) is 17.8. The van der Waals surface area contributed by atoms with Crippen LogP contribution in [0.1, 0.15) is 102 Å². The van der Waals surface area contributed by atoms with Gasteiger partial charge in [-0.2, -0.15) is 0 Å². The Morgan fingerprint density at radius 2 is 1.48 bits per heavy atom. The SMILES string of the molecule is CCCCCCCCCCCCCCCCOc1cc(NS(=O)(=O)c2cc([N+](=O)[O-])ccc2N2CCOCC2)c(O)cc1C. The van der Waals surface area contributed by atoms with Crippen molar-refractivity contribution in [1.29, 1.82) is 0 Å². The zero-order chi connectivity index (χ0) is 31.8. The lowest BCUT2D eigenvalue weighted by Gasteiger charge is -2.30. The van der Waals surface area contributed by atoms with Gasteiger partial charge in [-0.05, 0) is 31.0 Å². The van der Waals surface area contributed by atoms with Gasteiger partial charge >= 0.3 is 0 Å². The zero-order valence-electron chi connectivity index (χ0n) is 26.5. The Morgan fingerprint density at radius 3 is 2.05 bits per heavy atom. The topological polar surface area (TPSA) is 131 Å². The van der Waals surface area contributed by atoms with E-state index in [1.54, 1.807) is 6.92 Å². The van der Waals surface area contributed by atoms with E-state index >= 15 is 0 Å². The van der Waals surface area contributed by atoms with Crippen LogP contribution >= 0.6 is 0 Å². The van der Waals surface area contributed by atoms with E-state index in [0.29, 0.717) is 49.9 Å². The summed E-state index contributed by atoms with van der Waals surface area (Å²) in [7, 11) is -4.30. The van der Waals surface area contributed by atoms with Crippen molar-refractivity contribution in [1.82, 2.24) is 0 Å². The number of rotatable bonds is 21. The number of hydrogen-bond donors (Lipinski definition) is 2. The summed E-state index contributed by atoms with van der Waals surface area (Å²) in [5.74, 6) is 0.218. The minimum atomic E-state index is -4.30. The molecule has 0 spiro atoms. The van der Waals surface area contributed by atoms with Crippen LogP contribution in [0.2, 0.25) is 0 Å². The molecule has 0 aromatic heterocycles. The van der Waals surface area contributed by atoms with Crippen molar-refractivity contribution in [2.24, 2.45) is 0 Å². The number of unbranched alkanes of at least 4 members (excludes halogenated alkanes) is 13. The van der Waals surface area contributed by atoms with Crippen LogP contribution in [-0.4, -0.2) is 51.4 Å². The summed E-state index contributed by atoms with van der Waals surface area (Å²) in [5.41, 5.74) is 0.631. The molecule has 44 heavy (non-hydrogen) atoms. The number of benzene rings is 2. The maximum Gasteiger partial charge on any atom is 0.270 e. The van der Waals surface area contributed by atoms with Gasteiger partial charge in [0, 0.05) is 31.3 Å². The zero-order valence-corrected chi connectivity index (χ0v) is 27.3. The van der Waals surface area contributed by atoms with Crippen molar-refractivity contribution < 1.29 is 27.9 Å². The van der Waals surface area contributed by atoms with E-state index in [0.717, 1.165) is 25.3 Å². The Morgan fingerprint density at radius 1 is 0.909 bits per heavy atom. The number of nitrogens with one attached hydrogen (secondary N) is 1. The number of nitro groups is 1. The van der Waals surface area contributed by atoms with E-state index in [-0.39, 0.29) is 22.0 Å². The van der Waals surface area contributed by atoms with Crippen molar-refractivity contribution in [2.45, 2.75) is 109 Å². The van der Waals surface area contributed by atoms with Gasteiger partial charge in [0.15, 0.2) is 0 Å². The maximum atomic E-state index is 13.6. The van der Waals surface area contributed by atoms with Crippen molar-refractivity contribution in [3.63, 3.8) is 0 Å². The number of aromatic hydroxyl groups is 1. The van der Waals surface area contributed by atoms with Gasteiger partial charge in [-0.1, -0.05) is 90.4 Å². The molecule has 0 atom stereocenters. The molecular formula is C33H51N3O7S. The average molecular weight is 634 g/mol. The molecule has 11 heteroatoms. The highest BCUT2D eigenvalue weighted by molar-refractivity contribution is 7.93. The predicted octanol–water partition coefficient (Wildman–Crippen LogP) is 8.11. The summed E-state index contributed by atoms with van der Waals surface area (Å²) >= 11 is 0. The van der Waals surface area contributed by atoms with Gasteiger partial charge in [-0.3, -0.25) is 14.8 Å². The number of nitro benzene ring substituents is 1. The third-order valence-corrected chi connectivity index (χ3v) is 9.48. The minimum absolute atomic E-state index is 0.0500. The van der Waals surface area contributed by atoms with E-state index in [4.69, 9.17) is 9.47 Å². The molecule has 0 aliphatic carbocycles. The highest BCUT2D eigenvalue weighted by Gasteiger charge is 2.27. The third-order valence-electron chi connectivity index (χ3n) is 8.09. The van der Waals surface area contributed by atoms with Crippen molar-refractivity contribution in [2.75, 3.05) is 42.5 Å². The molecule has 2 N–H and O–H groups in total. The fourth-order valence-corrected chi connectivity index (χ4v) is 6.80. The Hall–Kier alpha value is -3.05. The number of non-ortho nitro benzene ring substituents is 1. The van der Waals surface area contributed by atoms with Gasteiger partial charge in [0.1, 0.15) is 16.4 Å². The molecule has 0 amide bonds. The lowest BCUT2D eigenvalue weighted by molar-refractivity contribution is -0.385. The highest BCUT2D eigenvalue weighted by atomic mass is 32.2. The predicted molar refractivity (Wildman–Crippen MR) is 176 cm³/mol. The van der Waals surface area contributed by atoms with Crippen LogP contribution in [0.25, 0.3) is 0 Å². The number of ether oxygens (including phenoxy) is 2. The molecule has 1 aliphatic heterocycles. The molecule has 1 aliphatic rings. The highest BCUT2D eigenvalue weighted by Crippen LogP contribution is 2.36. The molecule has 2 aromatic rings. The standard InChI is InChI=1S/C33H51N3O7S/c1-3-4-5-6-7-8-9-10-11-12-13-14-15-16-21-43-32-26-29(31(37)24-27(32)2)34-44(40,41)33-25-28(36(38)39)17-18-30(33)35-19-22-42-23-20-35/h17-18,24-26,34,37H,3-16,19-23H2,1-2H3. The summed E-state index contributed by atoms with van der Waals surface area (Å²) < 4.78 is 40.9. The molecule has 0 bridgehead atoms. The maximum absolute atomic E-state index is 13.6. The molecule has 1 fully saturated rings. The van der Waals surface area contributed by atoms with Crippen LogP contribution < -0.4 is 14.4 Å². The van der Waals surface area contributed by atoms with Gasteiger partial charge < -0.3 is 19.5 Å². The molecule has 246 valence electrons. The Balaban J connectivity index is 1.49. The Labute approximate surface area is 263 Å². The fraction of sp³-hybridized carbons (Fsp3) is 0.636. The van der Waals surface area contributed by atoms with Crippen molar-refractivity contribution >= 4 is 27.1 Å². The van der Waals surface area contributed by atoms with Gasteiger partial charge in [0.2, 0.25) is 0 Å². The normalized spacial score (nSPS) is 13.6. The molecule has 0 saturated carbocycles. The summed E-state index contributed by atoms with van der Waals surface area (Å²) in [6.45, 7) is 6.27. The van der Waals surface area contributed by atoms with Crippen LogP contribution in [0.5, 0.6) is 11.5 Å². The van der Waals surface area contributed by atoms with Gasteiger partial charge in [0.05, 0.1) is 36.1 Å². The number of anilines is 2. The molecule has 0 radical (unpaired) electrons. The molecular weight excluding hydrogens is 582 g/mol. The quantitative estimate of drug-likeness (QED) is 0.0610. The molecule has 1 heterocycles. The Kier molecular flexibility index (Phi) is 15.0. The lowest BCUT2D eigenvalue weighted by atomic mass is 10.0. The first-order valence-electron chi connectivity index (χ1n) is 16.3. The summed E-state index contributed by atoms with van der Waals surface area (Å²) in [6, 6.07) is 6.70. The summed E-state index contributed by atoms with van der Waals surface area (Å²) in [6.07, 6.45) is 17.8. The second-order valence-corrected chi connectivity index (χ2v) is 13.3. The van der Waals surface area contributed by atoms with Gasteiger partial charge in [-0.15, -0.1) is 0 Å². The monoisotopic (exact) mass is 633 g/mol. The number of aryl methyl sites for hydroxylation is 1. The van der Waals surface area contributed by atoms with Crippen molar-refractivity contribution in [3.05, 3.63) is 46.0 Å². The molecule has 2 aromatic carbocycles. The van der Waals surface area contributed by atoms with E-state index in [1.165, 1.54) is 94.9 Å².